The van der Waals surface area contributed by atoms with Crippen LogP contribution in [-0.4, -0.2) is 45.8 Å². The molecule has 2 aliphatic rings. The Bertz CT molecular complexity index is 1240. The number of aliphatic hydroxyl groups is 1. The van der Waals surface area contributed by atoms with Gasteiger partial charge in [-0.25, -0.2) is 0 Å². The molecular formula is C31H40N4O3. The average molecular weight is 517 g/mol. The minimum Gasteiger partial charge on any atom is -0.496 e. The molecule has 0 bridgehead atoms. The third-order valence-electron chi connectivity index (χ3n) is 8.54. The van der Waals surface area contributed by atoms with Crippen LogP contribution in [0.2, 0.25) is 0 Å². The largest absolute Gasteiger partial charge is 0.496 e. The fraction of sp³-hybridized carbons (Fsp3) is 0.516. The van der Waals surface area contributed by atoms with Crippen LogP contribution in [0, 0.1) is 18.8 Å². The van der Waals surface area contributed by atoms with E-state index in [2.05, 4.69) is 41.4 Å². The third-order valence-corrected chi connectivity index (χ3v) is 8.54. The summed E-state index contributed by atoms with van der Waals surface area (Å²) >= 11 is 0. The smallest absolute Gasteiger partial charge is 0.230 e. The van der Waals surface area contributed by atoms with Gasteiger partial charge in [0.2, 0.25) is 5.91 Å². The lowest BCUT2D eigenvalue weighted by Crippen LogP contribution is -2.41. The zero-order chi connectivity index (χ0) is 26.6. The molecular weight excluding hydrogens is 476 g/mol. The summed E-state index contributed by atoms with van der Waals surface area (Å²) in [4.78, 5) is 17.5. The summed E-state index contributed by atoms with van der Waals surface area (Å²) in [7, 11) is 3.53. The monoisotopic (exact) mass is 516 g/mol. The van der Waals surface area contributed by atoms with Gasteiger partial charge in [0.15, 0.2) is 0 Å². The highest BCUT2D eigenvalue weighted by Gasteiger charge is 2.32. The van der Waals surface area contributed by atoms with Crippen molar-refractivity contribution in [1.29, 1.82) is 0 Å². The highest BCUT2D eigenvalue weighted by molar-refractivity contribution is 5.95. The van der Waals surface area contributed by atoms with Crippen LogP contribution in [0.15, 0.2) is 48.7 Å². The lowest BCUT2D eigenvalue weighted by Gasteiger charge is -2.36. The van der Waals surface area contributed by atoms with Crippen LogP contribution < -0.4 is 9.64 Å². The summed E-state index contributed by atoms with van der Waals surface area (Å²) in [6.45, 7) is 2.84. The van der Waals surface area contributed by atoms with E-state index >= 15 is 0 Å². The highest BCUT2D eigenvalue weighted by atomic mass is 16.5. The van der Waals surface area contributed by atoms with Crippen LogP contribution in [-0.2, 0) is 11.8 Å². The first-order valence-corrected chi connectivity index (χ1v) is 14.0. The molecule has 3 aromatic rings. The summed E-state index contributed by atoms with van der Waals surface area (Å²) in [5.74, 6) is 2.12. The normalized spacial score (nSPS) is 23.7. The molecule has 2 saturated carbocycles. The highest BCUT2D eigenvalue weighted by Crippen LogP contribution is 2.39. The van der Waals surface area contributed by atoms with E-state index in [9.17, 15) is 9.90 Å². The van der Waals surface area contributed by atoms with Crippen molar-refractivity contribution in [3.05, 3.63) is 59.8 Å². The van der Waals surface area contributed by atoms with Gasteiger partial charge >= 0.3 is 0 Å². The molecule has 0 atom stereocenters. The fourth-order valence-electron chi connectivity index (χ4n) is 6.27. The van der Waals surface area contributed by atoms with Gasteiger partial charge in [0.25, 0.3) is 0 Å². The average Bonchev–Trinajstić information content (AvgIpc) is 3.38. The molecule has 1 aromatic heterocycles. The second kappa shape index (κ2) is 11.7. The zero-order valence-corrected chi connectivity index (χ0v) is 22.8. The number of anilines is 1. The van der Waals surface area contributed by atoms with Crippen molar-refractivity contribution in [3.63, 3.8) is 0 Å². The molecule has 2 fully saturated rings. The minimum atomic E-state index is -0.274. The molecule has 0 spiro atoms. The number of hydrogen-bond donors (Lipinski definition) is 1. The number of carbonyl (C=O) groups excluding carboxylic acids is 1. The Morgan fingerprint density at radius 1 is 1.05 bits per heavy atom. The van der Waals surface area contributed by atoms with Gasteiger partial charge < -0.3 is 14.7 Å². The summed E-state index contributed by atoms with van der Waals surface area (Å²) in [6.07, 6.45) is 8.88. The van der Waals surface area contributed by atoms with Crippen molar-refractivity contribution >= 4 is 11.6 Å². The van der Waals surface area contributed by atoms with Crippen LogP contribution in [0.3, 0.4) is 0 Å². The number of carbonyl (C=O) groups is 1. The number of aliphatic hydroxyl groups excluding tert-OH is 1. The van der Waals surface area contributed by atoms with Gasteiger partial charge in [0.1, 0.15) is 11.4 Å². The second-order valence-electron chi connectivity index (χ2n) is 11.2. The molecule has 0 unspecified atom stereocenters. The van der Waals surface area contributed by atoms with Gasteiger partial charge in [0, 0.05) is 30.8 Å². The number of ether oxygens (including phenoxy) is 1. The molecule has 202 valence electrons. The van der Waals surface area contributed by atoms with Gasteiger partial charge in [-0.2, -0.15) is 15.0 Å². The lowest BCUT2D eigenvalue weighted by atomic mass is 9.78. The topological polar surface area (TPSA) is 80.5 Å². The standard InChI is InChI=1S/C31H40N4O3/c1-21-17-25(13-16-30(21)38-3)23-9-7-22(8-10-23)20-35(31(37)24-11-14-28(36)15-12-24)27-6-4-5-26(18-27)29-19-32-34(2)33-29/h4-6,13,16-19,22-24,28,36H,7-12,14-15,20H2,1-3H3/t22-,23-,24-,28-. The van der Waals surface area contributed by atoms with E-state index in [0.717, 1.165) is 67.8 Å². The number of rotatable bonds is 7. The summed E-state index contributed by atoms with van der Waals surface area (Å²) in [5, 5.41) is 18.7. The molecule has 7 heteroatoms. The molecule has 5 rings (SSSR count). The Kier molecular flexibility index (Phi) is 8.12. The van der Waals surface area contributed by atoms with Crippen molar-refractivity contribution in [2.75, 3.05) is 18.6 Å². The number of aryl methyl sites for hydroxylation is 2. The van der Waals surface area contributed by atoms with E-state index in [1.54, 1.807) is 18.1 Å². The van der Waals surface area contributed by atoms with E-state index in [4.69, 9.17) is 4.74 Å². The Morgan fingerprint density at radius 2 is 1.82 bits per heavy atom. The second-order valence-corrected chi connectivity index (χ2v) is 11.2. The quantitative estimate of drug-likeness (QED) is 0.438. The van der Waals surface area contributed by atoms with E-state index in [1.165, 1.54) is 11.1 Å². The van der Waals surface area contributed by atoms with E-state index in [-0.39, 0.29) is 17.9 Å². The molecule has 2 aromatic carbocycles. The van der Waals surface area contributed by atoms with Gasteiger partial charge in [0.05, 0.1) is 19.4 Å². The number of benzene rings is 2. The Hall–Kier alpha value is -3.19. The number of amides is 1. The van der Waals surface area contributed by atoms with Crippen molar-refractivity contribution in [2.45, 2.75) is 70.3 Å². The zero-order valence-electron chi connectivity index (χ0n) is 22.8. The van der Waals surface area contributed by atoms with Gasteiger partial charge in [-0.15, -0.1) is 0 Å². The first kappa shape index (κ1) is 26.4. The van der Waals surface area contributed by atoms with Crippen molar-refractivity contribution < 1.29 is 14.6 Å². The first-order chi connectivity index (χ1) is 18.4. The van der Waals surface area contributed by atoms with E-state index < -0.39 is 0 Å². The van der Waals surface area contributed by atoms with E-state index in [1.807, 2.05) is 30.1 Å². The number of aromatic nitrogens is 3. The molecule has 7 nitrogen and oxygen atoms in total. The first-order valence-electron chi connectivity index (χ1n) is 14.0. The molecule has 0 saturated heterocycles. The van der Waals surface area contributed by atoms with Crippen molar-refractivity contribution in [2.24, 2.45) is 18.9 Å². The predicted molar refractivity (Wildman–Crippen MR) is 149 cm³/mol. The van der Waals surface area contributed by atoms with Crippen molar-refractivity contribution in [3.8, 4) is 17.0 Å². The summed E-state index contributed by atoms with van der Waals surface area (Å²) in [5.41, 5.74) is 5.28. The van der Waals surface area contributed by atoms with Gasteiger partial charge in [-0.05, 0) is 99.5 Å². The Balaban J connectivity index is 1.32. The molecule has 2 aliphatic carbocycles. The van der Waals surface area contributed by atoms with Gasteiger partial charge in [-0.1, -0.05) is 24.3 Å². The number of nitrogens with zero attached hydrogens (tertiary/aromatic N) is 4. The molecule has 0 radical (unpaired) electrons. The maximum atomic E-state index is 13.9. The lowest BCUT2D eigenvalue weighted by molar-refractivity contribution is -0.124. The van der Waals surface area contributed by atoms with E-state index in [0.29, 0.717) is 24.7 Å². The van der Waals surface area contributed by atoms with Crippen LogP contribution in [0.1, 0.15) is 68.4 Å². The number of methoxy groups -OCH3 is 1. The van der Waals surface area contributed by atoms with Gasteiger partial charge in [-0.3, -0.25) is 4.79 Å². The third kappa shape index (κ3) is 5.93. The maximum absolute atomic E-state index is 13.9. The molecule has 1 amide bonds. The van der Waals surface area contributed by atoms with Crippen LogP contribution >= 0.6 is 0 Å². The minimum absolute atomic E-state index is 0.0304. The Labute approximate surface area is 225 Å². The number of hydrogen-bond acceptors (Lipinski definition) is 5. The van der Waals surface area contributed by atoms with Crippen LogP contribution in [0.25, 0.3) is 11.3 Å². The van der Waals surface area contributed by atoms with Crippen LogP contribution in [0.4, 0.5) is 5.69 Å². The Morgan fingerprint density at radius 3 is 2.47 bits per heavy atom. The molecule has 1 heterocycles. The fourth-order valence-corrected chi connectivity index (χ4v) is 6.27. The molecule has 0 aliphatic heterocycles. The summed E-state index contributed by atoms with van der Waals surface area (Å²) in [6, 6.07) is 14.7. The molecule has 38 heavy (non-hydrogen) atoms. The van der Waals surface area contributed by atoms with Crippen molar-refractivity contribution in [1.82, 2.24) is 15.0 Å². The summed E-state index contributed by atoms with van der Waals surface area (Å²) < 4.78 is 5.45. The van der Waals surface area contributed by atoms with Crippen LogP contribution in [0.5, 0.6) is 5.75 Å². The predicted octanol–water partition coefficient (Wildman–Crippen LogP) is 5.66. The molecule has 1 N–H and O–H groups in total. The maximum Gasteiger partial charge on any atom is 0.230 e. The SMILES string of the molecule is COc1ccc([C@H]2CC[C@H](CN(c3cccc(-c4cnn(C)n4)c3)C(=O)[C@H]3CC[C@H](O)CC3)CC2)cc1C.